The number of aryl methyl sites for hydroxylation is 1. The highest BCUT2D eigenvalue weighted by Gasteiger charge is 2.33. The minimum absolute atomic E-state index is 0.407. The van der Waals surface area contributed by atoms with Crippen molar-refractivity contribution >= 4 is 17.3 Å². The summed E-state index contributed by atoms with van der Waals surface area (Å²) in [5.41, 5.74) is 0. The van der Waals surface area contributed by atoms with Crippen LogP contribution in [0.15, 0.2) is 17.1 Å². The van der Waals surface area contributed by atoms with Crippen LogP contribution in [0.5, 0.6) is 0 Å². The third kappa shape index (κ3) is 4.53. The van der Waals surface area contributed by atoms with Crippen molar-refractivity contribution in [2.45, 2.75) is 52.6 Å². The van der Waals surface area contributed by atoms with Crippen molar-refractivity contribution in [1.29, 1.82) is 0 Å². The fourth-order valence-electron chi connectivity index (χ4n) is 2.17. The van der Waals surface area contributed by atoms with Gasteiger partial charge in [0.1, 0.15) is 0 Å². The Bertz CT molecular complexity index is 438. The number of guanidine groups is 1. The summed E-state index contributed by atoms with van der Waals surface area (Å²) in [5.74, 6) is 1.76. The summed E-state index contributed by atoms with van der Waals surface area (Å²) in [5, 5.41) is 7.02. The molecule has 2 rings (SSSR count). The quantitative estimate of drug-likeness (QED) is 0.642. The van der Waals surface area contributed by atoms with Crippen LogP contribution in [-0.2, 0) is 6.42 Å². The molecule has 3 atom stereocenters. The average Bonchev–Trinajstić information content (AvgIpc) is 2.85. The first kappa shape index (κ1) is 14.4. The summed E-state index contributed by atoms with van der Waals surface area (Å²) in [7, 11) is 0. The molecule has 0 aliphatic heterocycles. The maximum Gasteiger partial charge on any atom is 0.191 e. The molecule has 0 spiro atoms. The van der Waals surface area contributed by atoms with E-state index >= 15 is 0 Å². The van der Waals surface area contributed by atoms with Gasteiger partial charge in [-0.3, -0.25) is 4.99 Å². The van der Waals surface area contributed by atoms with Crippen molar-refractivity contribution in [3.8, 4) is 0 Å². The standard InChI is InChI=1S/C15H25N3S/c1-5-16-15(18-14-8-10(14)2)17-11(3)9-13-7-6-12(4)19-13/h6-7,10-11,14H,5,8-9H2,1-4H3,(H2,16,17,18). The molecule has 1 aromatic rings. The summed E-state index contributed by atoms with van der Waals surface area (Å²) in [6.07, 6.45) is 2.33. The second-order valence-electron chi connectivity index (χ2n) is 5.55. The largest absolute Gasteiger partial charge is 0.354 e. The number of hydrogen-bond acceptors (Lipinski definition) is 2. The van der Waals surface area contributed by atoms with E-state index in [1.807, 2.05) is 11.3 Å². The average molecular weight is 279 g/mol. The fourth-order valence-corrected chi connectivity index (χ4v) is 3.19. The molecule has 0 saturated heterocycles. The molecule has 2 N–H and O–H groups in total. The highest BCUT2D eigenvalue weighted by molar-refractivity contribution is 7.11. The molecular weight excluding hydrogens is 254 g/mol. The molecule has 1 aliphatic carbocycles. The summed E-state index contributed by atoms with van der Waals surface area (Å²) in [6, 6.07) is 5.45. The fraction of sp³-hybridized carbons (Fsp3) is 0.667. The van der Waals surface area contributed by atoms with Gasteiger partial charge in [-0.2, -0.15) is 0 Å². The molecule has 1 aromatic heterocycles. The van der Waals surface area contributed by atoms with Crippen LogP contribution in [-0.4, -0.2) is 24.6 Å². The molecule has 0 aromatic carbocycles. The zero-order valence-corrected chi connectivity index (χ0v) is 13.2. The van der Waals surface area contributed by atoms with E-state index in [2.05, 4.69) is 55.5 Å². The van der Waals surface area contributed by atoms with Gasteiger partial charge in [0.15, 0.2) is 5.96 Å². The molecule has 106 valence electrons. The number of nitrogens with one attached hydrogen (secondary N) is 2. The smallest absolute Gasteiger partial charge is 0.191 e. The minimum Gasteiger partial charge on any atom is -0.354 e. The summed E-state index contributed by atoms with van der Waals surface area (Å²) in [6.45, 7) is 9.55. The highest BCUT2D eigenvalue weighted by atomic mass is 32.1. The van der Waals surface area contributed by atoms with E-state index in [4.69, 9.17) is 0 Å². The van der Waals surface area contributed by atoms with Crippen molar-refractivity contribution < 1.29 is 0 Å². The van der Waals surface area contributed by atoms with Crippen molar-refractivity contribution in [3.63, 3.8) is 0 Å². The summed E-state index contributed by atoms with van der Waals surface area (Å²) in [4.78, 5) is 7.35. The van der Waals surface area contributed by atoms with Gasteiger partial charge in [0.25, 0.3) is 0 Å². The van der Waals surface area contributed by atoms with E-state index in [1.165, 1.54) is 16.2 Å². The molecule has 1 fully saturated rings. The zero-order valence-electron chi connectivity index (χ0n) is 12.4. The number of aliphatic imine (C=N–C) groups is 1. The van der Waals surface area contributed by atoms with E-state index in [0.717, 1.165) is 24.8 Å². The van der Waals surface area contributed by atoms with Gasteiger partial charge in [-0.25, -0.2) is 0 Å². The Morgan fingerprint density at radius 1 is 1.53 bits per heavy atom. The van der Waals surface area contributed by atoms with E-state index < -0.39 is 0 Å². The van der Waals surface area contributed by atoms with Crippen LogP contribution in [0.1, 0.15) is 36.9 Å². The SMILES string of the molecule is CCN=C(NC(C)Cc1ccc(C)s1)NC1CC1C. The molecule has 1 aliphatic rings. The lowest BCUT2D eigenvalue weighted by Gasteiger charge is -2.17. The van der Waals surface area contributed by atoms with Gasteiger partial charge in [-0.1, -0.05) is 6.92 Å². The van der Waals surface area contributed by atoms with Gasteiger partial charge in [0, 0.05) is 34.8 Å². The minimum atomic E-state index is 0.407. The second kappa shape index (κ2) is 6.42. The van der Waals surface area contributed by atoms with Crippen LogP contribution >= 0.6 is 11.3 Å². The van der Waals surface area contributed by atoms with Crippen molar-refractivity contribution in [2.75, 3.05) is 6.54 Å². The first-order chi connectivity index (χ1) is 9.08. The predicted octanol–water partition coefficient (Wildman–Crippen LogP) is 2.95. The second-order valence-corrected chi connectivity index (χ2v) is 6.92. The zero-order chi connectivity index (χ0) is 13.8. The molecule has 3 unspecified atom stereocenters. The Kier molecular flexibility index (Phi) is 4.86. The van der Waals surface area contributed by atoms with Crippen LogP contribution < -0.4 is 10.6 Å². The van der Waals surface area contributed by atoms with E-state index in [1.54, 1.807) is 0 Å². The molecule has 1 heterocycles. The Labute approximate surface area is 120 Å². The summed E-state index contributed by atoms with van der Waals surface area (Å²) < 4.78 is 0. The molecule has 1 saturated carbocycles. The van der Waals surface area contributed by atoms with Crippen LogP contribution in [0.2, 0.25) is 0 Å². The topological polar surface area (TPSA) is 36.4 Å². The van der Waals surface area contributed by atoms with Gasteiger partial charge < -0.3 is 10.6 Å². The molecule has 0 radical (unpaired) electrons. The van der Waals surface area contributed by atoms with Gasteiger partial charge in [-0.15, -0.1) is 11.3 Å². The lowest BCUT2D eigenvalue weighted by atomic mass is 10.2. The first-order valence-corrected chi connectivity index (χ1v) is 8.03. The Morgan fingerprint density at radius 3 is 2.79 bits per heavy atom. The Hall–Kier alpha value is -1.03. The molecule has 0 amide bonds. The molecule has 4 heteroatoms. The maximum absolute atomic E-state index is 4.52. The van der Waals surface area contributed by atoms with E-state index in [-0.39, 0.29) is 0 Å². The van der Waals surface area contributed by atoms with Crippen LogP contribution in [0.4, 0.5) is 0 Å². The Morgan fingerprint density at radius 2 is 2.26 bits per heavy atom. The Balaban J connectivity index is 1.84. The number of hydrogen-bond donors (Lipinski definition) is 2. The van der Waals surface area contributed by atoms with Gasteiger partial charge >= 0.3 is 0 Å². The summed E-state index contributed by atoms with van der Waals surface area (Å²) >= 11 is 1.88. The normalized spacial score (nSPS) is 24.1. The number of thiophene rings is 1. The van der Waals surface area contributed by atoms with Crippen LogP contribution in [0.3, 0.4) is 0 Å². The molecule has 3 nitrogen and oxygen atoms in total. The van der Waals surface area contributed by atoms with Crippen LogP contribution in [0, 0.1) is 12.8 Å². The van der Waals surface area contributed by atoms with Gasteiger partial charge in [0.2, 0.25) is 0 Å². The maximum atomic E-state index is 4.52. The molecular formula is C15H25N3S. The highest BCUT2D eigenvalue weighted by Crippen LogP contribution is 2.28. The van der Waals surface area contributed by atoms with Crippen molar-refractivity contribution in [2.24, 2.45) is 10.9 Å². The van der Waals surface area contributed by atoms with Crippen molar-refractivity contribution in [3.05, 3.63) is 21.9 Å². The molecule has 19 heavy (non-hydrogen) atoms. The molecule has 0 bridgehead atoms. The first-order valence-electron chi connectivity index (χ1n) is 7.21. The van der Waals surface area contributed by atoms with E-state index in [9.17, 15) is 0 Å². The van der Waals surface area contributed by atoms with Crippen LogP contribution in [0.25, 0.3) is 0 Å². The third-order valence-electron chi connectivity index (χ3n) is 3.43. The van der Waals surface area contributed by atoms with E-state index in [0.29, 0.717) is 12.1 Å². The third-order valence-corrected chi connectivity index (χ3v) is 4.46. The van der Waals surface area contributed by atoms with Crippen molar-refractivity contribution in [1.82, 2.24) is 10.6 Å². The lowest BCUT2D eigenvalue weighted by molar-refractivity contribution is 0.638. The van der Waals surface area contributed by atoms with Gasteiger partial charge in [-0.05, 0) is 45.2 Å². The predicted molar refractivity (Wildman–Crippen MR) is 84.0 cm³/mol. The monoisotopic (exact) mass is 279 g/mol. The number of nitrogens with zero attached hydrogens (tertiary/aromatic N) is 1. The number of rotatable bonds is 5. The van der Waals surface area contributed by atoms with Gasteiger partial charge in [0.05, 0.1) is 0 Å². The lowest BCUT2D eigenvalue weighted by Crippen LogP contribution is -2.44.